The maximum atomic E-state index is 12.9. The van der Waals surface area contributed by atoms with Crippen LogP contribution in [0.5, 0.6) is 0 Å². The van der Waals surface area contributed by atoms with Crippen molar-refractivity contribution < 1.29 is 9.59 Å². The van der Waals surface area contributed by atoms with Crippen LogP contribution in [0, 0.1) is 0 Å². The highest BCUT2D eigenvalue weighted by molar-refractivity contribution is 9.10. The van der Waals surface area contributed by atoms with Gasteiger partial charge >= 0.3 is 0 Å². The van der Waals surface area contributed by atoms with Gasteiger partial charge in [0.05, 0.1) is 0 Å². The van der Waals surface area contributed by atoms with E-state index >= 15 is 0 Å². The van der Waals surface area contributed by atoms with E-state index in [1.165, 1.54) is 11.3 Å². The molecule has 0 radical (unpaired) electrons. The second-order valence-corrected chi connectivity index (χ2v) is 9.45. The number of amides is 2. The van der Waals surface area contributed by atoms with E-state index in [2.05, 4.69) is 25.8 Å². The number of rotatable bonds is 3. The summed E-state index contributed by atoms with van der Waals surface area (Å²) in [6.07, 6.45) is 1.67. The number of nitrogens with zero attached hydrogens (tertiary/aromatic N) is 4. The summed E-state index contributed by atoms with van der Waals surface area (Å²) >= 11 is 4.95. The lowest BCUT2D eigenvalue weighted by Gasteiger charge is -2.48. The fraction of sp³-hybridized carbons (Fsp3) is 0.318. The van der Waals surface area contributed by atoms with Crippen LogP contribution in [0.4, 0.5) is 0 Å². The van der Waals surface area contributed by atoms with Crippen LogP contribution in [0.2, 0.25) is 0 Å². The van der Waals surface area contributed by atoms with E-state index in [1.807, 2.05) is 51.6 Å². The lowest BCUT2D eigenvalue weighted by molar-refractivity contribution is 0.00854. The largest absolute Gasteiger partial charge is 0.335 e. The minimum Gasteiger partial charge on any atom is -0.335 e. The quantitative estimate of drug-likeness (QED) is 0.571. The third kappa shape index (κ3) is 3.64. The van der Waals surface area contributed by atoms with E-state index in [4.69, 9.17) is 0 Å². The van der Waals surface area contributed by atoms with Crippen molar-refractivity contribution in [1.29, 1.82) is 0 Å². The molecule has 0 N–H and O–H groups in total. The third-order valence-corrected chi connectivity index (χ3v) is 7.41. The van der Waals surface area contributed by atoms with E-state index in [9.17, 15) is 9.59 Å². The van der Waals surface area contributed by atoms with Crippen LogP contribution in [0.3, 0.4) is 0 Å². The number of halogens is 1. The molecule has 3 heterocycles. The first-order chi connectivity index (χ1) is 14.6. The molecule has 1 aromatic heterocycles. The van der Waals surface area contributed by atoms with Crippen LogP contribution in [-0.2, 0) is 0 Å². The number of thiazole rings is 1. The monoisotopic (exact) mass is 484 g/mol. The fourth-order valence-electron chi connectivity index (χ4n) is 4.17. The van der Waals surface area contributed by atoms with Gasteiger partial charge in [-0.05, 0) is 29.0 Å². The molecular weight excluding hydrogens is 464 g/mol. The van der Waals surface area contributed by atoms with Gasteiger partial charge in [-0.15, -0.1) is 11.3 Å². The molecule has 6 nitrogen and oxygen atoms in total. The Labute approximate surface area is 187 Å². The summed E-state index contributed by atoms with van der Waals surface area (Å²) in [4.78, 5) is 35.6. The van der Waals surface area contributed by atoms with Gasteiger partial charge in [0, 0.05) is 66.9 Å². The molecule has 2 fully saturated rings. The molecule has 154 valence electrons. The van der Waals surface area contributed by atoms with Crippen molar-refractivity contribution in [3.8, 4) is 0 Å². The zero-order valence-electron chi connectivity index (χ0n) is 16.3. The third-order valence-electron chi connectivity index (χ3n) is 5.96. The zero-order chi connectivity index (χ0) is 20.7. The molecule has 2 saturated heterocycles. The first kappa shape index (κ1) is 19.7. The highest BCUT2D eigenvalue weighted by Gasteiger charge is 2.37. The van der Waals surface area contributed by atoms with Gasteiger partial charge in [0.25, 0.3) is 11.8 Å². The molecule has 2 amide bonds. The molecule has 2 aliphatic heterocycles. The van der Waals surface area contributed by atoms with E-state index in [0.29, 0.717) is 24.1 Å². The Kier molecular flexibility index (Phi) is 5.30. The maximum absolute atomic E-state index is 12.9. The molecule has 30 heavy (non-hydrogen) atoms. The number of carbonyl (C=O) groups is 2. The van der Waals surface area contributed by atoms with Gasteiger partial charge in [-0.25, -0.2) is 4.98 Å². The van der Waals surface area contributed by atoms with Crippen LogP contribution in [0.15, 0.2) is 52.4 Å². The molecule has 0 aliphatic carbocycles. The summed E-state index contributed by atoms with van der Waals surface area (Å²) in [7, 11) is 0. The van der Waals surface area contributed by atoms with Crippen LogP contribution in [0.25, 0.3) is 10.8 Å². The Morgan fingerprint density at radius 3 is 2.53 bits per heavy atom. The van der Waals surface area contributed by atoms with Gasteiger partial charge in [0.1, 0.15) is 0 Å². The molecule has 5 rings (SSSR count). The average Bonchev–Trinajstić information content (AvgIpc) is 3.27. The summed E-state index contributed by atoms with van der Waals surface area (Å²) in [6, 6.07) is 12.3. The Morgan fingerprint density at radius 2 is 1.80 bits per heavy atom. The van der Waals surface area contributed by atoms with Gasteiger partial charge in [-0.3, -0.25) is 14.5 Å². The standard InChI is InChI=1S/C22H21BrN4O2S/c23-19-3-1-2-15-12-16(4-5-18(15)19)21(28)27-13-17(14-27)25-7-9-26(10-8-25)22(29)20-24-6-11-30-20/h1-6,11-12,17H,7-10,13-14H2. The molecule has 2 aromatic carbocycles. The number of aromatic nitrogens is 1. The first-order valence-corrected chi connectivity index (χ1v) is 11.7. The van der Waals surface area contributed by atoms with Crippen molar-refractivity contribution in [2.45, 2.75) is 6.04 Å². The molecule has 0 saturated carbocycles. The lowest BCUT2D eigenvalue weighted by atomic mass is 10.0. The number of benzene rings is 2. The predicted molar refractivity (Wildman–Crippen MR) is 121 cm³/mol. The van der Waals surface area contributed by atoms with E-state index in [-0.39, 0.29) is 11.8 Å². The highest BCUT2D eigenvalue weighted by atomic mass is 79.9. The second kappa shape index (κ2) is 8.09. The molecular formula is C22H21BrN4O2S. The van der Waals surface area contributed by atoms with Gasteiger partial charge in [0.2, 0.25) is 0 Å². The Hall–Kier alpha value is -2.29. The summed E-state index contributed by atoms with van der Waals surface area (Å²) < 4.78 is 1.04. The maximum Gasteiger partial charge on any atom is 0.282 e. The van der Waals surface area contributed by atoms with Gasteiger partial charge < -0.3 is 9.80 Å². The normalized spacial score (nSPS) is 17.9. The number of hydrogen-bond acceptors (Lipinski definition) is 5. The van der Waals surface area contributed by atoms with Crippen molar-refractivity contribution >= 4 is 49.9 Å². The van der Waals surface area contributed by atoms with E-state index in [0.717, 1.165) is 47.0 Å². The summed E-state index contributed by atoms with van der Waals surface area (Å²) in [6.45, 7) is 4.60. The van der Waals surface area contributed by atoms with Crippen molar-refractivity contribution in [2.24, 2.45) is 0 Å². The van der Waals surface area contributed by atoms with Crippen molar-refractivity contribution in [2.75, 3.05) is 39.3 Å². The predicted octanol–water partition coefficient (Wildman–Crippen LogP) is 3.34. The second-order valence-electron chi connectivity index (χ2n) is 7.71. The van der Waals surface area contributed by atoms with Crippen LogP contribution in [-0.4, -0.2) is 76.8 Å². The minimum atomic E-state index is 0.0259. The average molecular weight is 485 g/mol. The van der Waals surface area contributed by atoms with Crippen LogP contribution >= 0.6 is 27.3 Å². The molecule has 2 aliphatic rings. The first-order valence-electron chi connectivity index (χ1n) is 10.0. The molecule has 8 heteroatoms. The van der Waals surface area contributed by atoms with Crippen molar-refractivity contribution in [3.05, 3.63) is 63.0 Å². The Balaban J connectivity index is 1.16. The fourth-order valence-corrected chi connectivity index (χ4v) is 5.28. The van der Waals surface area contributed by atoms with Crippen LogP contribution < -0.4 is 0 Å². The Bertz CT molecular complexity index is 1090. The molecule has 3 aromatic rings. The lowest BCUT2D eigenvalue weighted by Crippen LogP contribution is -2.64. The van der Waals surface area contributed by atoms with E-state index in [1.54, 1.807) is 6.20 Å². The SMILES string of the molecule is O=C(c1ccc2c(Br)cccc2c1)N1CC(N2CCN(C(=O)c3nccs3)CC2)C1. The topological polar surface area (TPSA) is 56.8 Å². The summed E-state index contributed by atoms with van der Waals surface area (Å²) in [5.74, 6) is 0.115. The van der Waals surface area contributed by atoms with Crippen molar-refractivity contribution in [1.82, 2.24) is 19.7 Å². The highest BCUT2D eigenvalue weighted by Crippen LogP contribution is 2.26. The van der Waals surface area contributed by atoms with Crippen LogP contribution in [0.1, 0.15) is 20.2 Å². The Morgan fingerprint density at radius 1 is 1.00 bits per heavy atom. The molecule has 0 unspecified atom stereocenters. The van der Waals surface area contributed by atoms with Crippen molar-refractivity contribution in [3.63, 3.8) is 0 Å². The summed E-state index contributed by atoms with van der Waals surface area (Å²) in [5, 5.41) is 4.57. The number of carbonyl (C=O) groups excluding carboxylic acids is 2. The van der Waals surface area contributed by atoms with Gasteiger partial charge in [-0.1, -0.05) is 34.1 Å². The zero-order valence-corrected chi connectivity index (χ0v) is 18.7. The molecule has 0 spiro atoms. The number of piperazine rings is 1. The smallest absolute Gasteiger partial charge is 0.282 e. The number of likely N-dealkylation sites (tertiary alicyclic amines) is 1. The number of fused-ring (bicyclic) bond motifs is 1. The summed E-state index contributed by atoms with van der Waals surface area (Å²) in [5.41, 5.74) is 0.734. The molecule has 0 atom stereocenters. The minimum absolute atomic E-state index is 0.0259. The van der Waals surface area contributed by atoms with Gasteiger partial charge in [0.15, 0.2) is 5.01 Å². The number of hydrogen-bond donors (Lipinski definition) is 0. The van der Waals surface area contributed by atoms with Gasteiger partial charge in [-0.2, -0.15) is 0 Å². The molecule has 0 bridgehead atoms. The van der Waals surface area contributed by atoms with E-state index < -0.39 is 0 Å².